The van der Waals surface area contributed by atoms with Gasteiger partial charge in [0.15, 0.2) is 5.96 Å². The molecule has 1 fully saturated rings. The van der Waals surface area contributed by atoms with Crippen molar-refractivity contribution in [3.63, 3.8) is 0 Å². The Morgan fingerprint density at radius 3 is 2.48 bits per heavy atom. The van der Waals surface area contributed by atoms with Gasteiger partial charge < -0.3 is 10.6 Å². The van der Waals surface area contributed by atoms with E-state index in [0.29, 0.717) is 29.8 Å². The van der Waals surface area contributed by atoms with Gasteiger partial charge in [-0.1, -0.05) is 12.1 Å². The molecule has 0 saturated carbocycles. The van der Waals surface area contributed by atoms with Crippen LogP contribution in [0, 0.1) is 5.82 Å². The SMILES string of the molecule is CCNC(=NCCc1cccc(F)c1)NC1CCN(S(=O)(=O)C(F)(F)F)CC1.I. The number of guanidine groups is 1. The van der Waals surface area contributed by atoms with Crippen LogP contribution < -0.4 is 10.6 Å². The van der Waals surface area contributed by atoms with Crippen LogP contribution in [0.5, 0.6) is 0 Å². The number of aliphatic imine (C=N–C) groups is 1. The first-order valence-electron chi connectivity index (χ1n) is 8.99. The number of piperidine rings is 1. The van der Waals surface area contributed by atoms with E-state index < -0.39 is 15.5 Å². The Balaban J connectivity index is 0.00000420. The molecule has 6 nitrogen and oxygen atoms in total. The first kappa shape index (κ1) is 25.9. The van der Waals surface area contributed by atoms with Crippen molar-refractivity contribution in [2.24, 2.45) is 4.99 Å². The van der Waals surface area contributed by atoms with Crippen LogP contribution >= 0.6 is 24.0 Å². The summed E-state index contributed by atoms with van der Waals surface area (Å²) in [5.41, 5.74) is -4.47. The molecular weight excluding hydrogens is 527 g/mol. The summed E-state index contributed by atoms with van der Waals surface area (Å²) in [4.78, 5) is 4.40. The van der Waals surface area contributed by atoms with Gasteiger partial charge in [0.1, 0.15) is 5.82 Å². The topological polar surface area (TPSA) is 73.8 Å². The van der Waals surface area contributed by atoms with Crippen LogP contribution in [0.4, 0.5) is 17.6 Å². The summed E-state index contributed by atoms with van der Waals surface area (Å²) in [5.74, 6) is 0.183. The lowest BCUT2D eigenvalue weighted by Crippen LogP contribution is -2.51. The van der Waals surface area contributed by atoms with Gasteiger partial charge in [-0.25, -0.2) is 12.8 Å². The van der Waals surface area contributed by atoms with E-state index in [1.54, 1.807) is 12.1 Å². The van der Waals surface area contributed by atoms with Crippen molar-refractivity contribution in [1.29, 1.82) is 0 Å². The molecule has 0 radical (unpaired) electrons. The molecule has 1 saturated heterocycles. The Labute approximate surface area is 185 Å². The summed E-state index contributed by atoms with van der Waals surface area (Å²) in [7, 11) is -5.28. The summed E-state index contributed by atoms with van der Waals surface area (Å²) in [6, 6.07) is 6.04. The standard InChI is InChI=1S/C17H24F4N4O2S.HI/c1-2-22-16(23-9-6-13-4-3-5-14(18)12-13)24-15-7-10-25(11-8-15)28(26,27)17(19,20)21;/h3-5,12,15H,2,6-11H2,1H3,(H2,22,23,24);1H. The highest BCUT2D eigenvalue weighted by Crippen LogP contribution is 2.28. The number of alkyl halides is 3. The Hall–Kier alpha value is -1.15. The molecule has 1 aromatic rings. The third-order valence-corrected chi connectivity index (χ3v) is 5.96. The molecule has 1 heterocycles. The van der Waals surface area contributed by atoms with Crippen LogP contribution in [-0.2, 0) is 16.4 Å². The molecule has 2 N–H and O–H groups in total. The van der Waals surface area contributed by atoms with Crippen molar-refractivity contribution in [3.05, 3.63) is 35.6 Å². The molecule has 1 aliphatic rings. The Bertz CT molecular complexity index is 782. The van der Waals surface area contributed by atoms with Gasteiger partial charge in [-0.05, 0) is 43.9 Å². The minimum absolute atomic E-state index is 0. The molecule has 0 spiro atoms. The first-order chi connectivity index (χ1) is 13.1. The van der Waals surface area contributed by atoms with Gasteiger partial charge in [-0.15, -0.1) is 24.0 Å². The largest absolute Gasteiger partial charge is 0.511 e. The normalized spacial score (nSPS) is 16.9. The molecule has 1 aliphatic heterocycles. The van der Waals surface area contributed by atoms with Crippen LogP contribution in [0.2, 0.25) is 0 Å². The molecular formula is C17H25F4IN4O2S. The van der Waals surface area contributed by atoms with Crippen molar-refractivity contribution in [2.45, 2.75) is 37.7 Å². The van der Waals surface area contributed by atoms with Crippen LogP contribution in [-0.4, -0.2) is 56.4 Å². The van der Waals surface area contributed by atoms with Crippen LogP contribution in [0.25, 0.3) is 0 Å². The van der Waals surface area contributed by atoms with E-state index in [1.807, 2.05) is 6.92 Å². The van der Waals surface area contributed by atoms with Crippen molar-refractivity contribution in [2.75, 3.05) is 26.2 Å². The number of rotatable bonds is 6. The van der Waals surface area contributed by atoms with Crippen LogP contribution in [0.15, 0.2) is 29.3 Å². The van der Waals surface area contributed by atoms with Crippen LogP contribution in [0.3, 0.4) is 0 Å². The predicted octanol–water partition coefficient (Wildman–Crippen LogP) is 2.86. The highest BCUT2D eigenvalue weighted by Gasteiger charge is 2.50. The van der Waals surface area contributed by atoms with Crippen molar-refractivity contribution >= 4 is 40.0 Å². The fourth-order valence-electron chi connectivity index (χ4n) is 2.89. The Kier molecular flexibility index (Phi) is 10.1. The summed E-state index contributed by atoms with van der Waals surface area (Å²) in [6.45, 7) is 2.46. The van der Waals surface area contributed by atoms with Gasteiger partial charge in [0.2, 0.25) is 0 Å². The van der Waals surface area contributed by atoms with E-state index in [2.05, 4.69) is 15.6 Å². The molecule has 0 aliphatic carbocycles. The van der Waals surface area contributed by atoms with E-state index in [9.17, 15) is 26.0 Å². The smallest absolute Gasteiger partial charge is 0.357 e. The van der Waals surface area contributed by atoms with Gasteiger partial charge in [0.25, 0.3) is 0 Å². The summed E-state index contributed by atoms with van der Waals surface area (Å²) >= 11 is 0. The zero-order valence-electron chi connectivity index (χ0n) is 15.9. The number of halogens is 5. The molecule has 1 aromatic carbocycles. The Morgan fingerprint density at radius 1 is 1.28 bits per heavy atom. The lowest BCUT2D eigenvalue weighted by Gasteiger charge is -2.32. The monoisotopic (exact) mass is 552 g/mol. The molecule has 12 heteroatoms. The molecule has 0 bridgehead atoms. The second kappa shape index (κ2) is 11.3. The maximum atomic E-state index is 13.2. The molecule has 0 atom stereocenters. The van der Waals surface area contributed by atoms with Gasteiger partial charge in [0, 0.05) is 32.2 Å². The number of benzene rings is 1. The zero-order valence-corrected chi connectivity index (χ0v) is 19.0. The van der Waals surface area contributed by atoms with E-state index in [-0.39, 0.29) is 61.8 Å². The average molecular weight is 552 g/mol. The van der Waals surface area contributed by atoms with Gasteiger partial charge in [0.05, 0.1) is 0 Å². The first-order valence-corrected chi connectivity index (χ1v) is 10.4. The molecule has 166 valence electrons. The Morgan fingerprint density at radius 2 is 1.93 bits per heavy atom. The third-order valence-electron chi connectivity index (χ3n) is 4.33. The maximum Gasteiger partial charge on any atom is 0.511 e. The van der Waals surface area contributed by atoms with E-state index >= 15 is 0 Å². The minimum atomic E-state index is -5.28. The number of nitrogens with one attached hydrogen (secondary N) is 2. The van der Waals surface area contributed by atoms with Gasteiger partial charge >= 0.3 is 15.5 Å². The molecule has 0 aromatic heterocycles. The highest BCUT2D eigenvalue weighted by molar-refractivity contribution is 14.0. The van der Waals surface area contributed by atoms with E-state index in [1.165, 1.54) is 12.1 Å². The van der Waals surface area contributed by atoms with Crippen LogP contribution in [0.1, 0.15) is 25.3 Å². The van der Waals surface area contributed by atoms with Crippen molar-refractivity contribution < 1.29 is 26.0 Å². The third kappa shape index (κ3) is 7.55. The van der Waals surface area contributed by atoms with Crippen molar-refractivity contribution in [1.82, 2.24) is 14.9 Å². The second-order valence-corrected chi connectivity index (χ2v) is 8.34. The summed E-state index contributed by atoms with van der Waals surface area (Å²) in [6.07, 6.45) is 1.02. The summed E-state index contributed by atoms with van der Waals surface area (Å²) in [5, 5.41) is 6.17. The average Bonchev–Trinajstić information content (AvgIpc) is 2.61. The molecule has 0 unspecified atom stereocenters. The maximum absolute atomic E-state index is 13.2. The quantitative estimate of drug-likeness (QED) is 0.247. The minimum Gasteiger partial charge on any atom is -0.357 e. The molecule has 29 heavy (non-hydrogen) atoms. The van der Waals surface area contributed by atoms with Gasteiger partial charge in [-0.2, -0.15) is 17.5 Å². The number of hydrogen-bond donors (Lipinski definition) is 2. The van der Waals surface area contributed by atoms with Gasteiger partial charge in [-0.3, -0.25) is 4.99 Å². The predicted molar refractivity (Wildman–Crippen MR) is 114 cm³/mol. The second-order valence-electron chi connectivity index (χ2n) is 6.41. The fourth-order valence-corrected chi connectivity index (χ4v) is 3.87. The fraction of sp³-hybridized carbons (Fsp3) is 0.588. The lowest BCUT2D eigenvalue weighted by atomic mass is 10.1. The lowest BCUT2D eigenvalue weighted by molar-refractivity contribution is -0.0494. The zero-order chi connectivity index (χ0) is 20.8. The van der Waals surface area contributed by atoms with E-state index in [4.69, 9.17) is 0 Å². The van der Waals surface area contributed by atoms with Crippen molar-refractivity contribution in [3.8, 4) is 0 Å². The number of nitrogens with zero attached hydrogens (tertiary/aromatic N) is 2. The summed E-state index contributed by atoms with van der Waals surface area (Å²) < 4.78 is 74.5. The highest BCUT2D eigenvalue weighted by atomic mass is 127. The number of hydrogen-bond acceptors (Lipinski definition) is 3. The number of sulfonamides is 1. The van der Waals surface area contributed by atoms with E-state index in [0.717, 1.165) is 5.56 Å². The molecule has 2 rings (SSSR count). The molecule has 0 amide bonds.